The summed E-state index contributed by atoms with van der Waals surface area (Å²) in [5.74, 6) is 1.82. The fourth-order valence-electron chi connectivity index (χ4n) is 4.64. The Hall–Kier alpha value is -2.37. The number of methoxy groups -OCH3 is 1. The normalized spacial score (nSPS) is 22.1. The highest BCUT2D eigenvalue weighted by molar-refractivity contribution is 5.96. The minimum Gasteiger partial charge on any atom is -0.497 e. The van der Waals surface area contributed by atoms with Crippen LogP contribution in [-0.4, -0.2) is 50.6 Å². The molecule has 2 heterocycles. The average Bonchev–Trinajstić information content (AvgIpc) is 3.16. The summed E-state index contributed by atoms with van der Waals surface area (Å²) in [6.07, 6.45) is 1.98. The van der Waals surface area contributed by atoms with Crippen molar-refractivity contribution in [2.45, 2.75) is 18.8 Å². The van der Waals surface area contributed by atoms with Crippen molar-refractivity contribution in [3.05, 3.63) is 59.7 Å². The summed E-state index contributed by atoms with van der Waals surface area (Å²) in [4.78, 5) is 17.4. The quantitative estimate of drug-likeness (QED) is 0.868. The second-order valence-corrected chi connectivity index (χ2v) is 7.85. The standard InChI is InChI=1S/C23H29N3O2/c1-28-20-9-10-22-18(12-20)8-5-11-26(22)23(27)16-25-14-19(13-24)21(15-25)17-6-3-2-4-7-17/h2-4,6-7,9-10,12,19,21H,5,8,11,13-16,24H2,1H3/t19-,21+/m1/s1. The number of anilines is 1. The molecule has 2 aliphatic rings. The van der Waals surface area contributed by atoms with Crippen molar-refractivity contribution in [2.75, 3.05) is 44.7 Å². The van der Waals surface area contributed by atoms with Gasteiger partial charge in [-0.3, -0.25) is 9.69 Å². The second kappa shape index (κ2) is 8.33. The number of benzene rings is 2. The zero-order valence-corrected chi connectivity index (χ0v) is 16.5. The van der Waals surface area contributed by atoms with Gasteiger partial charge in [0.2, 0.25) is 5.91 Å². The average molecular weight is 380 g/mol. The molecule has 1 amide bonds. The van der Waals surface area contributed by atoms with Crippen molar-refractivity contribution in [3.63, 3.8) is 0 Å². The third-order valence-corrected chi connectivity index (χ3v) is 6.11. The number of likely N-dealkylation sites (tertiary alicyclic amines) is 1. The van der Waals surface area contributed by atoms with Crippen LogP contribution in [0.2, 0.25) is 0 Å². The highest BCUT2D eigenvalue weighted by atomic mass is 16.5. The van der Waals surface area contributed by atoms with Crippen LogP contribution in [0.3, 0.4) is 0 Å². The molecule has 4 rings (SSSR count). The van der Waals surface area contributed by atoms with Crippen molar-refractivity contribution in [3.8, 4) is 5.75 Å². The van der Waals surface area contributed by atoms with E-state index in [0.717, 1.165) is 43.9 Å². The van der Waals surface area contributed by atoms with Gasteiger partial charge in [0, 0.05) is 31.2 Å². The molecule has 0 aliphatic carbocycles. The van der Waals surface area contributed by atoms with Crippen LogP contribution in [-0.2, 0) is 11.2 Å². The number of carbonyl (C=O) groups is 1. The summed E-state index contributed by atoms with van der Waals surface area (Å²) >= 11 is 0. The van der Waals surface area contributed by atoms with Gasteiger partial charge >= 0.3 is 0 Å². The SMILES string of the molecule is COc1ccc2c(c1)CCCN2C(=O)CN1C[C@@H](CN)[C@H](c2ccccc2)C1. The number of nitrogens with zero attached hydrogens (tertiary/aromatic N) is 2. The Labute approximate surface area is 167 Å². The number of hydrogen-bond donors (Lipinski definition) is 1. The number of amides is 1. The summed E-state index contributed by atoms with van der Waals surface area (Å²) in [5.41, 5.74) is 9.61. The maximum Gasteiger partial charge on any atom is 0.241 e. The Morgan fingerprint density at radius 2 is 2.00 bits per heavy atom. The summed E-state index contributed by atoms with van der Waals surface area (Å²) in [5, 5.41) is 0. The molecular weight excluding hydrogens is 350 g/mol. The highest BCUT2D eigenvalue weighted by Crippen LogP contribution is 2.33. The van der Waals surface area contributed by atoms with Gasteiger partial charge in [0.1, 0.15) is 5.75 Å². The molecular formula is C23H29N3O2. The van der Waals surface area contributed by atoms with Gasteiger partial charge in [-0.05, 0) is 54.6 Å². The summed E-state index contributed by atoms with van der Waals surface area (Å²) in [6.45, 7) is 3.66. The Morgan fingerprint density at radius 3 is 2.75 bits per heavy atom. The first-order valence-electron chi connectivity index (χ1n) is 10.1. The Morgan fingerprint density at radius 1 is 1.18 bits per heavy atom. The van der Waals surface area contributed by atoms with E-state index in [9.17, 15) is 4.79 Å². The smallest absolute Gasteiger partial charge is 0.241 e. The van der Waals surface area contributed by atoms with Gasteiger partial charge < -0.3 is 15.4 Å². The van der Waals surface area contributed by atoms with Crippen molar-refractivity contribution < 1.29 is 9.53 Å². The third kappa shape index (κ3) is 3.77. The molecule has 1 fully saturated rings. The number of rotatable bonds is 5. The number of carbonyl (C=O) groups excluding carboxylic acids is 1. The van der Waals surface area contributed by atoms with Crippen LogP contribution >= 0.6 is 0 Å². The van der Waals surface area contributed by atoms with E-state index in [1.807, 2.05) is 23.1 Å². The summed E-state index contributed by atoms with van der Waals surface area (Å²) < 4.78 is 5.34. The van der Waals surface area contributed by atoms with E-state index in [0.29, 0.717) is 24.9 Å². The maximum absolute atomic E-state index is 13.1. The minimum atomic E-state index is 0.176. The molecule has 2 aromatic rings. The fourth-order valence-corrected chi connectivity index (χ4v) is 4.64. The zero-order valence-electron chi connectivity index (χ0n) is 16.5. The molecule has 0 radical (unpaired) electrons. The van der Waals surface area contributed by atoms with E-state index < -0.39 is 0 Å². The number of nitrogens with two attached hydrogens (primary N) is 1. The van der Waals surface area contributed by atoms with Crippen LogP contribution in [0.5, 0.6) is 5.75 Å². The molecule has 0 aromatic heterocycles. The second-order valence-electron chi connectivity index (χ2n) is 7.85. The Balaban J connectivity index is 1.46. The largest absolute Gasteiger partial charge is 0.497 e. The molecule has 0 unspecified atom stereocenters. The Bertz CT molecular complexity index is 824. The molecule has 2 N–H and O–H groups in total. The van der Waals surface area contributed by atoms with Crippen LogP contribution in [0.1, 0.15) is 23.5 Å². The molecule has 5 heteroatoms. The predicted octanol–water partition coefficient (Wildman–Crippen LogP) is 2.65. The Kier molecular flexibility index (Phi) is 5.64. The molecule has 148 valence electrons. The topological polar surface area (TPSA) is 58.8 Å². The fraction of sp³-hybridized carbons (Fsp3) is 0.435. The van der Waals surface area contributed by atoms with Gasteiger partial charge in [-0.1, -0.05) is 30.3 Å². The molecule has 2 aliphatic heterocycles. The molecule has 5 nitrogen and oxygen atoms in total. The lowest BCUT2D eigenvalue weighted by Gasteiger charge is -2.31. The first-order chi connectivity index (χ1) is 13.7. The molecule has 0 saturated carbocycles. The molecule has 2 aromatic carbocycles. The monoisotopic (exact) mass is 379 g/mol. The van der Waals surface area contributed by atoms with Crippen LogP contribution in [0, 0.1) is 5.92 Å². The lowest BCUT2D eigenvalue weighted by atomic mass is 9.89. The molecule has 0 spiro atoms. The van der Waals surface area contributed by atoms with E-state index >= 15 is 0 Å². The number of hydrogen-bond acceptors (Lipinski definition) is 4. The van der Waals surface area contributed by atoms with Crippen molar-refractivity contribution >= 4 is 11.6 Å². The summed E-state index contributed by atoms with van der Waals surface area (Å²) in [7, 11) is 1.68. The molecule has 1 saturated heterocycles. The van der Waals surface area contributed by atoms with Crippen LogP contribution in [0.25, 0.3) is 0 Å². The van der Waals surface area contributed by atoms with E-state index in [2.05, 4.69) is 35.2 Å². The van der Waals surface area contributed by atoms with Crippen LogP contribution in [0.15, 0.2) is 48.5 Å². The van der Waals surface area contributed by atoms with Crippen molar-refractivity contribution in [1.29, 1.82) is 0 Å². The van der Waals surface area contributed by atoms with Gasteiger partial charge in [0.05, 0.1) is 13.7 Å². The third-order valence-electron chi connectivity index (χ3n) is 6.11. The lowest BCUT2D eigenvalue weighted by molar-refractivity contribution is -0.119. The zero-order chi connectivity index (χ0) is 19.5. The predicted molar refractivity (Wildman–Crippen MR) is 112 cm³/mol. The number of aryl methyl sites for hydroxylation is 1. The number of ether oxygens (including phenoxy) is 1. The van der Waals surface area contributed by atoms with Gasteiger partial charge in [-0.15, -0.1) is 0 Å². The van der Waals surface area contributed by atoms with Crippen LogP contribution in [0.4, 0.5) is 5.69 Å². The number of fused-ring (bicyclic) bond motifs is 1. The molecule has 0 bridgehead atoms. The minimum absolute atomic E-state index is 0.176. The van der Waals surface area contributed by atoms with Gasteiger partial charge in [-0.25, -0.2) is 0 Å². The first-order valence-corrected chi connectivity index (χ1v) is 10.1. The molecule has 2 atom stereocenters. The van der Waals surface area contributed by atoms with Crippen LogP contribution < -0.4 is 15.4 Å². The highest BCUT2D eigenvalue weighted by Gasteiger charge is 2.34. The van der Waals surface area contributed by atoms with Gasteiger partial charge in [0.25, 0.3) is 0 Å². The van der Waals surface area contributed by atoms with Gasteiger partial charge in [0.15, 0.2) is 0 Å². The van der Waals surface area contributed by atoms with E-state index in [4.69, 9.17) is 10.5 Å². The van der Waals surface area contributed by atoms with Crippen molar-refractivity contribution in [2.24, 2.45) is 11.7 Å². The van der Waals surface area contributed by atoms with E-state index in [1.54, 1.807) is 7.11 Å². The lowest BCUT2D eigenvalue weighted by Crippen LogP contribution is -2.42. The van der Waals surface area contributed by atoms with E-state index in [-0.39, 0.29) is 5.91 Å². The maximum atomic E-state index is 13.1. The van der Waals surface area contributed by atoms with Gasteiger partial charge in [-0.2, -0.15) is 0 Å². The first kappa shape index (κ1) is 19.0. The van der Waals surface area contributed by atoms with Crippen molar-refractivity contribution in [1.82, 2.24) is 4.90 Å². The molecule has 28 heavy (non-hydrogen) atoms. The van der Waals surface area contributed by atoms with E-state index in [1.165, 1.54) is 11.1 Å². The summed E-state index contributed by atoms with van der Waals surface area (Å²) in [6, 6.07) is 16.6.